The van der Waals surface area contributed by atoms with Gasteiger partial charge in [0.2, 0.25) is 0 Å². The molecule has 1 spiro atoms. The van der Waals surface area contributed by atoms with Crippen LogP contribution < -0.4 is 10.1 Å². The van der Waals surface area contributed by atoms with E-state index in [9.17, 15) is 9.59 Å². The molecule has 0 radical (unpaired) electrons. The second-order valence-corrected chi connectivity index (χ2v) is 9.56. The van der Waals surface area contributed by atoms with Crippen molar-refractivity contribution in [2.75, 3.05) is 26.9 Å². The summed E-state index contributed by atoms with van der Waals surface area (Å²) >= 11 is 5.95. The first kappa shape index (κ1) is 20.9. The van der Waals surface area contributed by atoms with Gasteiger partial charge < -0.3 is 10.1 Å². The maximum atomic E-state index is 13.2. The van der Waals surface area contributed by atoms with E-state index in [2.05, 4.69) is 26.1 Å². The fourth-order valence-corrected chi connectivity index (χ4v) is 5.00. The molecule has 1 heterocycles. The number of nitrogens with one attached hydrogen (secondary N) is 1. The van der Waals surface area contributed by atoms with Crippen molar-refractivity contribution in [3.05, 3.63) is 29.3 Å². The van der Waals surface area contributed by atoms with Gasteiger partial charge in [0.05, 0.1) is 6.67 Å². The lowest BCUT2D eigenvalue weighted by molar-refractivity contribution is -0.136. The van der Waals surface area contributed by atoms with E-state index in [0.29, 0.717) is 42.7 Å². The molecule has 1 aromatic rings. The van der Waals surface area contributed by atoms with Gasteiger partial charge in [0.1, 0.15) is 17.9 Å². The van der Waals surface area contributed by atoms with Crippen LogP contribution in [-0.2, 0) is 4.79 Å². The van der Waals surface area contributed by atoms with E-state index in [4.69, 9.17) is 16.3 Å². The van der Waals surface area contributed by atoms with Crippen LogP contribution in [0, 0.1) is 11.3 Å². The Balaban J connectivity index is 1.56. The molecular formula is C21H30ClN3O3. The van der Waals surface area contributed by atoms with Crippen LogP contribution in [0.25, 0.3) is 0 Å². The lowest BCUT2D eigenvalue weighted by Gasteiger charge is -2.43. The van der Waals surface area contributed by atoms with Gasteiger partial charge >= 0.3 is 6.03 Å². The number of hydrogen-bond donors (Lipinski definition) is 1. The molecule has 154 valence electrons. The van der Waals surface area contributed by atoms with Crippen LogP contribution in [0.2, 0.25) is 5.02 Å². The highest BCUT2D eigenvalue weighted by Gasteiger charge is 2.56. The molecule has 0 aromatic heterocycles. The van der Waals surface area contributed by atoms with E-state index in [1.807, 2.05) is 24.1 Å². The molecule has 28 heavy (non-hydrogen) atoms. The van der Waals surface area contributed by atoms with Gasteiger partial charge in [-0.3, -0.25) is 9.69 Å². The third kappa shape index (κ3) is 4.61. The molecule has 7 heteroatoms. The summed E-state index contributed by atoms with van der Waals surface area (Å²) < 4.78 is 5.70. The molecule has 6 nitrogen and oxygen atoms in total. The monoisotopic (exact) mass is 407 g/mol. The van der Waals surface area contributed by atoms with Crippen LogP contribution in [0.1, 0.15) is 40.0 Å². The van der Waals surface area contributed by atoms with Crippen molar-refractivity contribution in [1.82, 2.24) is 15.1 Å². The highest BCUT2D eigenvalue weighted by molar-refractivity contribution is 6.30. The second kappa shape index (κ2) is 7.91. The number of imide groups is 1. The largest absolute Gasteiger partial charge is 0.492 e. The molecule has 2 atom stereocenters. The number of halogens is 1. The molecule has 1 aromatic carbocycles. The molecule has 2 fully saturated rings. The first-order valence-electron chi connectivity index (χ1n) is 9.81. The highest BCUT2D eigenvalue weighted by Crippen LogP contribution is 2.46. The maximum Gasteiger partial charge on any atom is 0.326 e. The summed E-state index contributed by atoms with van der Waals surface area (Å²) in [7, 11) is 1.88. The average molecular weight is 408 g/mol. The highest BCUT2D eigenvalue weighted by atomic mass is 35.5. The van der Waals surface area contributed by atoms with Crippen LogP contribution in [-0.4, -0.2) is 54.1 Å². The summed E-state index contributed by atoms with van der Waals surface area (Å²) in [5.74, 6) is 1.00. The van der Waals surface area contributed by atoms with Crippen molar-refractivity contribution in [2.24, 2.45) is 11.3 Å². The molecule has 3 rings (SSSR count). The molecule has 2 aliphatic rings. The van der Waals surface area contributed by atoms with Gasteiger partial charge in [-0.1, -0.05) is 38.4 Å². The van der Waals surface area contributed by atoms with Gasteiger partial charge in [-0.2, -0.15) is 0 Å². The molecular weight excluding hydrogens is 378 g/mol. The average Bonchev–Trinajstić information content (AvgIpc) is 2.76. The van der Waals surface area contributed by atoms with Crippen molar-refractivity contribution in [1.29, 1.82) is 0 Å². The number of ether oxygens (including phenoxy) is 1. The van der Waals surface area contributed by atoms with Crippen LogP contribution in [0.4, 0.5) is 4.79 Å². The third-order valence-electron chi connectivity index (χ3n) is 5.54. The molecule has 1 aliphatic carbocycles. The summed E-state index contributed by atoms with van der Waals surface area (Å²) in [6.07, 6.45) is 2.46. The summed E-state index contributed by atoms with van der Waals surface area (Å²) in [6.45, 7) is 7.77. The Hall–Kier alpha value is -1.79. The normalized spacial score (nSPS) is 26.8. The van der Waals surface area contributed by atoms with Gasteiger partial charge in [0.15, 0.2) is 0 Å². The first-order valence-corrected chi connectivity index (χ1v) is 10.2. The lowest BCUT2D eigenvalue weighted by atomic mass is 9.64. The number of hydrogen-bond acceptors (Lipinski definition) is 4. The zero-order chi connectivity index (χ0) is 20.5. The van der Waals surface area contributed by atoms with Crippen molar-refractivity contribution < 1.29 is 14.3 Å². The molecule has 2 unspecified atom stereocenters. The molecule has 1 saturated heterocycles. The smallest absolute Gasteiger partial charge is 0.326 e. The minimum absolute atomic E-state index is 0.0350. The van der Waals surface area contributed by atoms with Gasteiger partial charge in [0.25, 0.3) is 5.91 Å². The minimum Gasteiger partial charge on any atom is -0.492 e. The van der Waals surface area contributed by atoms with Crippen LogP contribution in [0.15, 0.2) is 24.3 Å². The van der Waals surface area contributed by atoms with E-state index in [-0.39, 0.29) is 24.0 Å². The van der Waals surface area contributed by atoms with Gasteiger partial charge in [-0.15, -0.1) is 0 Å². The predicted molar refractivity (Wildman–Crippen MR) is 109 cm³/mol. The van der Waals surface area contributed by atoms with Gasteiger partial charge in [-0.05, 0) is 55.8 Å². The Morgan fingerprint density at radius 2 is 2.07 bits per heavy atom. The predicted octanol–water partition coefficient (Wildman–Crippen LogP) is 3.74. The number of amides is 3. The summed E-state index contributed by atoms with van der Waals surface area (Å²) in [5.41, 5.74) is -0.719. The topological polar surface area (TPSA) is 61.9 Å². The Kier molecular flexibility index (Phi) is 5.92. The maximum absolute atomic E-state index is 13.2. The zero-order valence-electron chi connectivity index (χ0n) is 17.1. The number of urea groups is 1. The molecule has 1 saturated carbocycles. The Morgan fingerprint density at radius 3 is 2.75 bits per heavy atom. The molecule has 0 bridgehead atoms. The van der Waals surface area contributed by atoms with E-state index in [1.165, 1.54) is 4.90 Å². The van der Waals surface area contributed by atoms with Crippen LogP contribution >= 0.6 is 11.6 Å². The SMILES string of the molecule is CC1CC(C)(C)CC2(C1)NC(=O)N(CN(C)CCOc1cccc(Cl)c1)C2=O. The zero-order valence-corrected chi connectivity index (χ0v) is 17.9. The van der Waals surface area contributed by atoms with Crippen molar-refractivity contribution >= 4 is 23.5 Å². The molecule has 1 aliphatic heterocycles. The number of likely N-dealkylation sites (N-methyl/N-ethyl adjacent to an activating group) is 1. The third-order valence-corrected chi connectivity index (χ3v) is 5.78. The second-order valence-electron chi connectivity index (χ2n) is 9.13. The number of nitrogens with zero attached hydrogens (tertiary/aromatic N) is 2. The van der Waals surface area contributed by atoms with Crippen molar-refractivity contribution in [3.63, 3.8) is 0 Å². The number of carbonyl (C=O) groups is 2. The molecule has 3 amide bonds. The van der Waals surface area contributed by atoms with Crippen molar-refractivity contribution in [3.8, 4) is 5.75 Å². The van der Waals surface area contributed by atoms with E-state index in [0.717, 1.165) is 6.42 Å². The van der Waals surface area contributed by atoms with Crippen molar-refractivity contribution in [2.45, 2.75) is 45.6 Å². The fourth-order valence-electron chi connectivity index (χ4n) is 4.82. The van der Waals surface area contributed by atoms with E-state index >= 15 is 0 Å². The summed E-state index contributed by atoms with van der Waals surface area (Å²) in [4.78, 5) is 29.0. The fraction of sp³-hybridized carbons (Fsp3) is 0.619. The minimum atomic E-state index is -0.754. The van der Waals surface area contributed by atoms with Gasteiger partial charge in [0, 0.05) is 11.6 Å². The molecule has 1 N–H and O–H groups in total. The lowest BCUT2D eigenvalue weighted by Crippen LogP contribution is -2.54. The number of carbonyl (C=O) groups excluding carboxylic acids is 2. The van der Waals surface area contributed by atoms with Crippen LogP contribution in [0.3, 0.4) is 0 Å². The summed E-state index contributed by atoms with van der Waals surface area (Å²) in [6, 6.07) is 6.94. The number of rotatable bonds is 6. The van der Waals surface area contributed by atoms with Crippen LogP contribution in [0.5, 0.6) is 5.75 Å². The Bertz CT molecular complexity index is 754. The quantitative estimate of drug-likeness (QED) is 0.729. The standard InChI is InChI=1S/C21H30ClN3O3/c1-15-11-20(2,3)13-21(12-15)18(26)25(19(27)23-21)14-24(4)8-9-28-17-7-5-6-16(22)10-17/h5-7,10,15H,8-9,11-14H2,1-4H3,(H,23,27). The Labute approximate surface area is 172 Å². The number of benzene rings is 1. The summed E-state index contributed by atoms with van der Waals surface area (Å²) in [5, 5.41) is 3.64. The first-order chi connectivity index (χ1) is 13.1. The van der Waals surface area contributed by atoms with Gasteiger partial charge in [-0.25, -0.2) is 9.69 Å². The van der Waals surface area contributed by atoms with E-state index in [1.54, 1.807) is 12.1 Å². The Morgan fingerprint density at radius 1 is 1.32 bits per heavy atom. The van der Waals surface area contributed by atoms with E-state index < -0.39 is 5.54 Å².